The molecular formula is C24H21ClN2O4. The van der Waals surface area contributed by atoms with Crippen LogP contribution in [0.25, 0.3) is 0 Å². The number of likely N-dealkylation sites (N-methyl/N-ethyl adjacent to an activating group) is 1. The fourth-order valence-corrected chi connectivity index (χ4v) is 5.25. The standard InChI is InChI=1S/C24H21ClN2O4/c1-27-13-17(14-5-7-15(25)8-6-14)21(22(28)20-4-3-11-31-20)24(27)18-12-16(30-2)9-10-19(18)26-23(24)29/h3-12,17,21H,13H2,1-2H3,(H,26,29)/t17-,21+,24+/m1/s1. The van der Waals surface area contributed by atoms with E-state index in [2.05, 4.69) is 5.32 Å². The number of carbonyl (C=O) groups is 2. The smallest absolute Gasteiger partial charge is 0.250 e. The van der Waals surface area contributed by atoms with Crippen LogP contribution in [0, 0.1) is 5.92 Å². The Morgan fingerprint density at radius 2 is 2.00 bits per heavy atom. The molecule has 1 aromatic heterocycles. The van der Waals surface area contributed by atoms with Gasteiger partial charge >= 0.3 is 0 Å². The van der Waals surface area contributed by atoms with Gasteiger partial charge in [0.15, 0.2) is 5.76 Å². The molecule has 7 heteroatoms. The lowest BCUT2D eigenvalue weighted by atomic mass is 9.71. The van der Waals surface area contributed by atoms with Crippen molar-refractivity contribution in [3.63, 3.8) is 0 Å². The van der Waals surface area contributed by atoms with Crippen LogP contribution in [0.5, 0.6) is 5.75 Å². The Kier molecular flexibility index (Phi) is 4.64. The van der Waals surface area contributed by atoms with Gasteiger partial charge in [0.05, 0.1) is 19.3 Å². The van der Waals surface area contributed by atoms with Crippen LogP contribution in [0.2, 0.25) is 5.02 Å². The number of hydrogen-bond donors (Lipinski definition) is 1. The van der Waals surface area contributed by atoms with Crippen LogP contribution in [-0.2, 0) is 10.3 Å². The molecule has 3 atom stereocenters. The van der Waals surface area contributed by atoms with Gasteiger partial charge in [-0.2, -0.15) is 0 Å². The molecule has 31 heavy (non-hydrogen) atoms. The van der Waals surface area contributed by atoms with E-state index in [1.165, 1.54) is 6.26 Å². The van der Waals surface area contributed by atoms with Gasteiger partial charge in [0, 0.05) is 28.7 Å². The van der Waals surface area contributed by atoms with Crippen molar-refractivity contribution in [3.05, 3.63) is 82.8 Å². The number of anilines is 1. The van der Waals surface area contributed by atoms with Gasteiger partial charge in [-0.25, -0.2) is 0 Å². The second kappa shape index (κ2) is 7.25. The number of carbonyl (C=O) groups excluding carboxylic acids is 2. The molecule has 0 aliphatic carbocycles. The van der Waals surface area contributed by atoms with E-state index in [4.69, 9.17) is 20.8 Å². The highest BCUT2D eigenvalue weighted by Gasteiger charge is 2.64. The Labute approximate surface area is 184 Å². The molecule has 1 saturated heterocycles. The summed E-state index contributed by atoms with van der Waals surface area (Å²) in [6.07, 6.45) is 1.47. The molecule has 0 unspecified atom stereocenters. The first kappa shape index (κ1) is 19.8. The van der Waals surface area contributed by atoms with Gasteiger partial charge in [-0.15, -0.1) is 0 Å². The summed E-state index contributed by atoms with van der Waals surface area (Å²) in [5.74, 6) is -0.495. The van der Waals surface area contributed by atoms with Crippen molar-refractivity contribution in [2.45, 2.75) is 11.5 Å². The van der Waals surface area contributed by atoms with Crippen LogP contribution in [0.3, 0.4) is 0 Å². The van der Waals surface area contributed by atoms with E-state index in [1.807, 2.05) is 48.3 Å². The topological polar surface area (TPSA) is 71.8 Å². The molecule has 3 aromatic rings. The van der Waals surface area contributed by atoms with E-state index >= 15 is 0 Å². The molecule has 158 valence electrons. The molecule has 6 nitrogen and oxygen atoms in total. The minimum absolute atomic E-state index is 0.208. The highest BCUT2D eigenvalue weighted by atomic mass is 35.5. The molecule has 0 radical (unpaired) electrons. The highest BCUT2D eigenvalue weighted by molar-refractivity contribution is 6.30. The van der Waals surface area contributed by atoms with Crippen molar-refractivity contribution >= 4 is 29.0 Å². The number of nitrogens with zero attached hydrogens (tertiary/aromatic N) is 1. The average Bonchev–Trinajstić information content (AvgIpc) is 3.47. The average molecular weight is 437 g/mol. The number of fused-ring (bicyclic) bond motifs is 2. The fourth-order valence-electron chi connectivity index (χ4n) is 5.13. The molecule has 2 aliphatic heterocycles. The lowest BCUT2D eigenvalue weighted by molar-refractivity contribution is -0.126. The molecule has 1 spiro atoms. The van der Waals surface area contributed by atoms with Gasteiger partial charge in [0.2, 0.25) is 11.7 Å². The zero-order chi connectivity index (χ0) is 21.8. The third kappa shape index (κ3) is 2.82. The normalized spacial score (nSPS) is 24.9. The van der Waals surface area contributed by atoms with Gasteiger partial charge in [0.1, 0.15) is 11.3 Å². The van der Waals surface area contributed by atoms with Crippen LogP contribution in [0.4, 0.5) is 5.69 Å². The van der Waals surface area contributed by atoms with Crippen LogP contribution < -0.4 is 10.1 Å². The molecule has 0 bridgehead atoms. The summed E-state index contributed by atoms with van der Waals surface area (Å²) < 4.78 is 10.9. The number of halogens is 1. The highest BCUT2D eigenvalue weighted by Crippen LogP contribution is 2.56. The van der Waals surface area contributed by atoms with E-state index in [1.54, 1.807) is 25.3 Å². The second-order valence-corrected chi connectivity index (χ2v) is 8.43. The molecule has 2 aromatic carbocycles. The molecule has 5 rings (SSSR count). The van der Waals surface area contributed by atoms with Crippen molar-refractivity contribution < 1.29 is 18.7 Å². The number of benzene rings is 2. The number of furan rings is 1. The van der Waals surface area contributed by atoms with Crippen LogP contribution in [-0.4, -0.2) is 37.3 Å². The summed E-state index contributed by atoms with van der Waals surface area (Å²) in [7, 11) is 3.46. The number of nitrogens with one attached hydrogen (secondary N) is 1. The number of methoxy groups -OCH3 is 1. The molecular weight excluding hydrogens is 416 g/mol. The predicted molar refractivity (Wildman–Crippen MR) is 117 cm³/mol. The van der Waals surface area contributed by atoms with Crippen LogP contribution in [0.15, 0.2) is 65.3 Å². The summed E-state index contributed by atoms with van der Waals surface area (Å²) in [5.41, 5.74) is 1.19. The van der Waals surface area contributed by atoms with Crippen molar-refractivity contribution in [1.82, 2.24) is 4.90 Å². The van der Waals surface area contributed by atoms with Gasteiger partial charge in [-0.3, -0.25) is 14.5 Å². The molecule has 3 heterocycles. The van der Waals surface area contributed by atoms with Gasteiger partial charge in [0.25, 0.3) is 0 Å². The largest absolute Gasteiger partial charge is 0.497 e. The van der Waals surface area contributed by atoms with Crippen LogP contribution in [0.1, 0.15) is 27.6 Å². The minimum Gasteiger partial charge on any atom is -0.497 e. The predicted octanol–water partition coefficient (Wildman–Crippen LogP) is 4.32. The molecule has 1 amide bonds. The summed E-state index contributed by atoms with van der Waals surface area (Å²) in [5, 5.41) is 3.60. The second-order valence-electron chi connectivity index (χ2n) is 7.99. The summed E-state index contributed by atoms with van der Waals surface area (Å²) >= 11 is 6.10. The minimum atomic E-state index is -1.18. The van der Waals surface area contributed by atoms with Crippen molar-refractivity contribution in [2.24, 2.45) is 5.92 Å². The number of amides is 1. The van der Waals surface area contributed by atoms with Crippen molar-refractivity contribution in [2.75, 3.05) is 26.0 Å². The first-order valence-electron chi connectivity index (χ1n) is 10.0. The number of hydrogen-bond acceptors (Lipinski definition) is 5. The maximum atomic E-state index is 13.8. The number of rotatable bonds is 4. The Morgan fingerprint density at radius 3 is 2.68 bits per heavy atom. The maximum Gasteiger partial charge on any atom is 0.250 e. The Balaban J connectivity index is 1.73. The summed E-state index contributed by atoms with van der Waals surface area (Å²) in [4.78, 5) is 29.4. The van der Waals surface area contributed by atoms with Crippen LogP contribution >= 0.6 is 11.6 Å². The van der Waals surface area contributed by atoms with E-state index < -0.39 is 11.5 Å². The quantitative estimate of drug-likeness (QED) is 0.617. The molecule has 1 fully saturated rings. The maximum absolute atomic E-state index is 13.8. The zero-order valence-corrected chi connectivity index (χ0v) is 17.8. The summed E-state index contributed by atoms with van der Waals surface area (Å²) in [6, 6.07) is 16.2. The SMILES string of the molecule is COc1ccc2c(c1)[C@@]1(C(=O)N2)[C@H](C(=O)c2ccco2)[C@@H](c2ccc(Cl)cc2)CN1C. The third-order valence-corrected chi connectivity index (χ3v) is 6.75. The van der Waals surface area contributed by atoms with Gasteiger partial charge in [-0.05, 0) is 55.1 Å². The third-order valence-electron chi connectivity index (χ3n) is 6.50. The van der Waals surface area contributed by atoms with Gasteiger partial charge in [-0.1, -0.05) is 23.7 Å². The number of ketones is 1. The van der Waals surface area contributed by atoms with E-state index in [0.717, 1.165) is 11.1 Å². The van der Waals surface area contributed by atoms with Gasteiger partial charge < -0.3 is 14.5 Å². The Hall–Kier alpha value is -3.09. The Morgan fingerprint density at radius 1 is 1.23 bits per heavy atom. The first-order valence-corrected chi connectivity index (χ1v) is 10.4. The first-order chi connectivity index (χ1) is 15.0. The van der Waals surface area contributed by atoms with E-state index in [-0.39, 0.29) is 23.4 Å². The molecule has 2 aliphatic rings. The fraction of sp³-hybridized carbons (Fsp3) is 0.250. The molecule has 1 N–H and O–H groups in total. The monoisotopic (exact) mass is 436 g/mol. The van der Waals surface area contributed by atoms with Crippen molar-refractivity contribution in [3.8, 4) is 5.75 Å². The van der Waals surface area contributed by atoms with Crippen molar-refractivity contribution in [1.29, 1.82) is 0 Å². The number of Topliss-reactive ketones (excluding diaryl/α,β-unsaturated/α-hetero) is 1. The molecule has 0 saturated carbocycles. The summed E-state index contributed by atoms with van der Waals surface area (Å²) in [6.45, 7) is 0.517. The lowest BCUT2D eigenvalue weighted by Gasteiger charge is -2.35. The Bertz CT molecular complexity index is 1160. The lowest BCUT2D eigenvalue weighted by Crippen LogP contribution is -2.51. The van der Waals surface area contributed by atoms with E-state index in [0.29, 0.717) is 23.0 Å². The van der Waals surface area contributed by atoms with E-state index in [9.17, 15) is 9.59 Å². The number of likely N-dealkylation sites (tertiary alicyclic amines) is 1. The number of ether oxygens (including phenoxy) is 1. The zero-order valence-electron chi connectivity index (χ0n) is 17.1.